The fourth-order valence-electron chi connectivity index (χ4n) is 1.65. The van der Waals surface area contributed by atoms with Crippen molar-refractivity contribution in [2.75, 3.05) is 7.11 Å². The number of rotatable bonds is 4. The summed E-state index contributed by atoms with van der Waals surface area (Å²) in [5.41, 5.74) is 2.57. The predicted molar refractivity (Wildman–Crippen MR) is 69.3 cm³/mol. The minimum absolute atomic E-state index is 0.688. The first-order chi connectivity index (χ1) is 7.79. The van der Waals surface area contributed by atoms with Crippen LogP contribution in [0.25, 0.3) is 0 Å². The highest BCUT2D eigenvalue weighted by atomic mass is 35.5. The second-order valence-electron chi connectivity index (χ2n) is 3.61. The molecule has 0 aliphatic heterocycles. The van der Waals surface area contributed by atoms with Crippen LogP contribution in [-0.4, -0.2) is 7.11 Å². The molecule has 0 bridgehead atoms. The van der Waals surface area contributed by atoms with Gasteiger partial charge in [-0.25, -0.2) is 0 Å². The van der Waals surface area contributed by atoms with E-state index in [4.69, 9.17) is 16.3 Å². The molecule has 84 valence electrons. The molecule has 0 unspecified atom stereocenters. The monoisotopic (exact) mass is 252 g/mol. The zero-order valence-corrected chi connectivity index (χ0v) is 10.6. The lowest BCUT2D eigenvalue weighted by molar-refractivity contribution is 0.187. The molecule has 0 N–H and O–H groups in total. The average molecular weight is 253 g/mol. The lowest BCUT2D eigenvalue weighted by Crippen LogP contribution is -1.92. The van der Waals surface area contributed by atoms with Crippen molar-refractivity contribution < 1.29 is 4.74 Å². The molecule has 0 atom stereocenters. The van der Waals surface area contributed by atoms with E-state index in [0.29, 0.717) is 6.61 Å². The first-order valence-corrected chi connectivity index (χ1v) is 6.34. The Balaban J connectivity index is 2.17. The van der Waals surface area contributed by atoms with Gasteiger partial charge in [-0.15, -0.1) is 11.3 Å². The van der Waals surface area contributed by atoms with E-state index < -0.39 is 0 Å². The highest BCUT2D eigenvalue weighted by molar-refractivity contribution is 7.10. The van der Waals surface area contributed by atoms with Gasteiger partial charge < -0.3 is 4.74 Å². The summed E-state index contributed by atoms with van der Waals surface area (Å²) in [6.45, 7) is 0.688. The highest BCUT2D eigenvalue weighted by Crippen LogP contribution is 2.22. The van der Waals surface area contributed by atoms with Crippen LogP contribution >= 0.6 is 22.9 Å². The average Bonchev–Trinajstić information content (AvgIpc) is 2.66. The number of ether oxygens (including phenoxy) is 1. The summed E-state index contributed by atoms with van der Waals surface area (Å²) in [4.78, 5) is 1.29. The molecule has 0 aliphatic rings. The molecule has 2 aromatic rings. The topological polar surface area (TPSA) is 9.23 Å². The summed E-state index contributed by atoms with van der Waals surface area (Å²) < 4.78 is 5.17. The zero-order valence-electron chi connectivity index (χ0n) is 9.07. The molecule has 3 heteroatoms. The largest absolute Gasteiger partial charge is 0.379 e. The van der Waals surface area contributed by atoms with E-state index in [1.54, 1.807) is 18.4 Å². The van der Waals surface area contributed by atoms with Gasteiger partial charge >= 0.3 is 0 Å². The fourth-order valence-corrected chi connectivity index (χ4v) is 2.74. The van der Waals surface area contributed by atoms with Crippen molar-refractivity contribution >= 4 is 22.9 Å². The molecular weight excluding hydrogens is 240 g/mol. The van der Waals surface area contributed by atoms with Crippen molar-refractivity contribution in [1.82, 2.24) is 0 Å². The van der Waals surface area contributed by atoms with E-state index in [2.05, 4.69) is 17.5 Å². The normalized spacial score (nSPS) is 10.6. The van der Waals surface area contributed by atoms with Crippen molar-refractivity contribution in [1.29, 1.82) is 0 Å². The standard InChI is InChI=1S/C13H13ClOS/c1-15-9-13-11(5-6-16-13)7-10-3-2-4-12(14)8-10/h2-6,8H,7,9H2,1H3. The Morgan fingerprint density at radius 3 is 2.94 bits per heavy atom. The predicted octanol–water partition coefficient (Wildman–Crippen LogP) is 4.14. The van der Waals surface area contributed by atoms with Gasteiger partial charge in [0.2, 0.25) is 0 Å². The van der Waals surface area contributed by atoms with Crippen LogP contribution < -0.4 is 0 Å². The van der Waals surface area contributed by atoms with Crippen molar-refractivity contribution in [3.05, 3.63) is 56.7 Å². The van der Waals surface area contributed by atoms with Crippen molar-refractivity contribution in [3.63, 3.8) is 0 Å². The van der Waals surface area contributed by atoms with E-state index in [1.165, 1.54) is 16.0 Å². The first-order valence-electron chi connectivity index (χ1n) is 5.08. The highest BCUT2D eigenvalue weighted by Gasteiger charge is 2.05. The summed E-state index contributed by atoms with van der Waals surface area (Å²) in [6.07, 6.45) is 0.919. The molecule has 16 heavy (non-hydrogen) atoms. The molecule has 0 radical (unpaired) electrons. The number of methoxy groups -OCH3 is 1. The molecule has 1 aromatic carbocycles. The van der Waals surface area contributed by atoms with Crippen LogP contribution in [-0.2, 0) is 17.8 Å². The summed E-state index contributed by atoms with van der Waals surface area (Å²) in [5.74, 6) is 0. The second-order valence-corrected chi connectivity index (χ2v) is 5.05. The second kappa shape index (κ2) is 5.48. The number of hydrogen-bond donors (Lipinski definition) is 0. The molecule has 1 nitrogen and oxygen atoms in total. The van der Waals surface area contributed by atoms with Gasteiger partial charge in [-0.3, -0.25) is 0 Å². The Hall–Kier alpha value is -0.830. The van der Waals surface area contributed by atoms with Gasteiger partial charge in [-0.05, 0) is 41.1 Å². The Morgan fingerprint density at radius 2 is 2.19 bits per heavy atom. The minimum atomic E-state index is 0.688. The maximum absolute atomic E-state index is 5.96. The Labute approximate surface area is 105 Å². The Bertz CT molecular complexity index is 464. The fraction of sp³-hybridized carbons (Fsp3) is 0.231. The quantitative estimate of drug-likeness (QED) is 0.795. The smallest absolute Gasteiger partial charge is 0.0808 e. The third kappa shape index (κ3) is 2.85. The summed E-state index contributed by atoms with van der Waals surface area (Å²) in [5, 5.41) is 2.90. The number of halogens is 1. The molecule has 0 fully saturated rings. The molecular formula is C13H13ClOS. The maximum atomic E-state index is 5.96. The zero-order chi connectivity index (χ0) is 11.4. The number of benzene rings is 1. The Kier molecular flexibility index (Phi) is 3.99. The van der Waals surface area contributed by atoms with Gasteiger partial charge in [0.25, 0.3) is 0 Å². The van der Waals surface area contributed by atoms with Gasteiger partial charge in [-0.1, -0.05) is 23.7 Å². The molecule has 0 saturated heterocycles. The van der Waals surface area contributed by atoms with Crippen molar-refractivity contribution in [3.8, 4) is 0 Å². The van der Waals surface area contributed by atoms with Gasteiger partial charge in [0.1, 0.15) is 0 Å². The molecule has 0 spiro atoms. The van der Waals surface area contributed by atoms with Crippen LogP contribution in [0.3, 0.4) is 0 Å². The van der Waals surface area contributed by atoms with Crippen molar-refractivity contribution in [2.24, 2.45) is 0 Å². The van der Waals surface area contributed by atoms with Gasteiger partial charge in [0.15, 0.2) is 0 Å². The summed E-state index contributed by atoms with van der Waals surface area (Å²) in [6, 6.07) is 10.1. The third-order valence-electron chi connectivity index (χ3n) is 2.40. The van der Waals surface area contributed by atoms with Crippen LogP contribution in [0.2, 0.25) is 5.02 Å². The van der Waals surface area contributed by atoms with E-state index in [9.17, 15) is 0 Å². The molecule has 1 aromatic heterocycles. The van der Waals surface area contributed by atoms with Crippen LogP contribution in [0.15, 0.2) is 35.7 Å². The van der Waals surface area contributed by atoms with Gasteiger partial charge in [0.05, 0.1) is 6.61 Å². The summed E-state index contributed by atoms with van der Waals surface area (Å²) in [7, 11) is 1.73. The lowest BCUT2D eigenvalue weighted by atomic mass is 10.1. The van der Waals surface area contributed by atoms with Gasteiger partial charge in [-0.2, -0.15) is 0 Å². The SMILES string of the molecule is COCc1sccc1Cc1cccc(Cl)c1. The number of hydrogen-bond acceptors (Lipinski definition) is 2. The molecule has 0 amide bonds. The maximum Gasteiger partial charge on any atom is 0.0808 e. The third-order valence-corrected chi connectivity index (χ3v) is 3.57. The van der Waals surface area contributed by atoms with Crippen LogP contribution in [0, 0.1) is 0 Å². The van der Waals surface area contributed by atoms with Crippen LogP contribution in [0.5, 0.6) is 0 Å². The molecule has 1 heterocycles. The Morgan fingerprint density at radius 1 is 1.31 bits per heavy atom. The van der Waals surface area contributed by atoms with Crippen LogP contribution in [0.1, 0.15) is 16.0 Å². The molecule has 0 aliphatic carbocycles. The molecule has 2 rings (SSSR count). The first kappa shape index (κ1) is 11.6. The van der Waals surface area contributed by atoms with Crippen molar-refractivity contribution in [2.45, 2.75) is 13.0 Å². The van der Waals surface area contributed by atoms with E-state index in [0.717, 1.165) is 11.4 Å². The van der Waals surface area contributed by atoms with Crippen LogP contribution in [0.4, 0.5) is 0 Å². The van der Waals surface area contributed by atoms with E-state index in [1.807, 2.05) is 18.2 Å². The van der Waals surface area contributed by atoms with E-state index >= 15 is 0 Å². The lowest BCUT2D eigenvalue weighted by Gasteiger charge is -2.03. The number of thiophene rings is 1. The minimum Gasteiger partial charge on any atom is -0.379 e. The van der Waals surface area contributed by atoms with Gasteiger partial charge in [0, 0.05) is 17.0 Å². The summed E-state index contributed by atoms with van der Waals surface area (Å²) >= 11 is 7.70. The van der Waals surface area contributed by atoms with E-state index in [-0.39, 0.29) is 0 Å². The molecule has 0 saturated carbocycles.